The third-order valence-corrected chi connectivity index (χ3v) is 6.17. The molecular weight excluding hydrogens is 270 g/mol. The van der Waals surface area contributed by atoms with Crippen molar-refractivity contribution in [2.75, 3.05) is 14.1 Å². The fraction of sp³-hybridized carbons (Fsp3) is 0.550. The molecule has 118 valence electrons. The van der Waals surface area contributed by atoms with Gasteiger partial charge in [0.15, 0.2) is 5.78 Å². The second-order valence-electron chi connectivity index (χ2n) is 8.05. The number of benzene rings is 1. The quantitative estimate of drug-likeness (QED) is 0.781. The molecule has 0 heterocycles. The van der Waals surface area contributed by atoms with Crippen LogP contribution in [0.5, 0.6) is 0 Å². The van der Waals surface area contributed by atoms with Crippen LogP contribution < -0.4 is 0 Å². The maximum absolute atomic E-state index is 12.8. The van der Waals surface area contributed by atoms with Gasteiger partial charge in [-0.15, -0.1) is 0 Å². The molecule has 1 aromatic carbocycles. The largest absolute Gasteiger partial charge is 0.305 e. The Balaban J connectivity index is 1.89. The van der Waals surface area contributed by atoms with Crippen LogP contribution in [0.3, 0.4) is 0 Å². The number of carbonyl (C=O) groups is 1. The number of hydrogen-bond acceptors (Lipinski definition) is 2. The van der Waals surface area contributed by atoms with Crippen molar-refractivity contribution in [1.29, 1.82) is 0 Å². The number of nitrogens with zero attached hydrogens (tertiary/aromatic N) is 1. The molecule has 2 nitrogen and oxygen atoms in total. The molecule has 22 heavy (non-hydrogen) atoms. The van der Waals surface area contributed by atoms with E-state index in [1.807, 2.05) is 0 Å². The third kappa shape index (κ3) is 2.16. The van der Waals surface area contributed by atoms with Gasteiger partial charge in [-0.3, -0.25) is 4.79 Å². The van der Waals surface area contributed by atoms with Crippen LogP contribution in [0.1, 0.15) is 44.7 Å². The van der Waals surface area contributed by atoms with Crippen molar-refractivity contribution in [3.8, 4) is 0 Å². The fourth-order valence-electron chi connectivity index (χ4n) is 4.36. The summed E-state index contributed by atoms with van der Waals surface area (Å²) in [6.07, 6.45) is 4.33. The van der Waals surface area contributed by atoms with E-state index in [9.17, 15) is 4.79 Å². The molecule has 2 saturated carbocycles. The molecule has 0 aliphatic heterocycles. The van der Waals surface area contributed by atoms with Gasteiger partial charge in [0.2, 0.25) is 0 Å². The average molecular weight is 297 g/mol. The lowest BCUT2D eigenvalue weighted by Gasteiger charge is -2.31. The summed E-state index contributed by atoms with van der Waals surface area (Å²) in [6, 6.07) is 8.61. The Kier molecular flexibility index (Phi) is 3.56. The summed E-state index contributed by atoms with van der Waals surface area (Å²) < 4.78 is 0. The number of ketones is 1. The smallest absolute Gasteiger partial charge is 0.165 e. The zero-order valence-electron chi connectivity index (χ0n) is 14.4. The lowest BCUT2D eigenvalue weighted by atomic mass is 9.70. The monoisotopic (exact) mass is 297 g/mol. The highest BCUT2D eigenvalue weighted by Gasteiger charge is 2.63. The Labute approximate surface area is 134 Å². The molecule has 2 heteroatoms. The first kappa shape index (κ1) is 15.5. The van der Waals surface area contributed by atoms with Gasteiger partial charge in [0.1, 0.15) is 0 Å². The van der Waals surface area contributed by atoms with Gasteiger partial charge in [-0.1, -0.05) is 45.0 Å². The van der Waals surface area contributed by atoms with Crippen LogP contribution in [0, 0.1) is 16.7 Å². The summed E-state index contributed by atoms with van der Waals surface area (Å²) in [7, 11) is 4.15. The highest BCUT2D eigenvalue weighted by Crippen LogP contribution is 2.65. The number of allylic oxidation sites excluding steroid dienone is 1. The van der Waals surface area contributed by atoms with E-state index in [0.717, 1.165) is 30.5 Å². The van der Waals surface area contributed by atoms with Gasteiger partial charge in [0.05, 0.1) is 0 Å². The molecule has 0 amide bonds. The molecule has 2 aliphatic rings. The van der Waals surface area contributed by atoms with Crippen molar-refractivity contribution in [3.63, 3.8) is 0 Å². The summed E-state index contributed by atoms with van der Waals surface area (Å²) >= 11 is 0. The topological polar surface area (TPSA) is 20.3 Å². The van der Waals surface area contributed by atoms with E-state index in [0.29, 0.717) is 11.7 Å². The maximum atomic E-state index is 12.8. The van der Waals surface area contributed by atoms with Crippen LogP contribution in [-0.2, 0) is 11.3 Å². The molecule has 2 unspecified atom stereocenters. The molecule has 2 aliphatic carbocycles. The van der Waals surface area contributed by atoms with E-state index < -0.39 is 0 Å². The van der Waals surface area contributed by atoms with Gasteiger partial charge in [0.25, 0.3) is 0 Å². The van der Waals surface area contributed by atoms with Crippen molar-refractivity contribution in [1.82, 2.24) is 4.90 Å². The minimum Gasteiger partial charge on any atom is -0.305 e. The molecule has 0 N–H and O–H groups in total. The van der Waals surface area contributed by atoms with Gasteiger partial charge in [-0.25, -0.2) is 0 Å². The third-order valence-electron chi connectivity index (χ3n) is 6.17. The van der Waals surface area contributed by atoms with Crippen molar-refractivity contribution in [2.45, 2.75) is 40.2 Å². The first-order valence-corrected chi connectivity index (χ1v) is 8.26. The van der Waals surface area contributed by atoms with E-state index in [4.69, 9.17) is 0 Å². The zero-order chi connectivity index (χ0) is 16.1. The van der Waals surface area contributed by atoms with E-state index in [-0.39, 0.29) is 10.8 Å². The number of rotatable bonds is 3. The number of hydrogen-bond donors (Lipinski definition) is 0. The van der Waals surface area contributed by atoms with Gasteiger partial charge in [-0.2, -0.15) is 0 Å². The van der Waals surface area contributed by atoms with Crippen LogP contribution in [0.25, 0.3) is 6.08 Å². The zero-order valence-corrected chi connectivity index (χ0v) is 14.4. The number of Topliss-reactive ketones (excluding diaryl/α,β-unsaturated/α-hetero) is 1. The lowest BCUT2D eigenvalue weighted by Crippen LogP contribution is -2.32. The van der Waals surface area contributed by atoms with Crippen LogP contribution in [0.4, 0.5) is 0 Å². The minimum absolute atomic E-state index is 0.0980. The summed E-state index contributed by atoms with van der Waals surface area (Å²) in [5.41, 5.74) is 3.45. The average Bonchev–Trinajstić information content (AvgIpc) is 2.75. The van der Waals surface area contributed by atoms with Crippen LogP contribution in [-0.4, -0.2) is 24.8 Å². The van der Waals surface area contributed by atoms with Crippen molar-refractivity contribution in [2.24, 2.45) is 16.7 Å². The van der Waals surface area contributed by atoms with Crippen molar-refractivity contribution < 1.29 is 4.79 Å². The summed E-state index contributed by atoms with van der Waals surface area (Å²) in [6.45, 7) is 7.65. The molecule has 2 bridgehead atoms. The normalized spacial score (nSPS) is 31.5. The molecule has 0 spiro atoms. The summed E-state index contributed by atoms with van der Waals surface area (Å²) in [4.78, 5) is 15.0. The first-order valence-electron chi connectivity index (χ1n) is 8.26. The van der Waals surface area contributed by atoms with Gasteiger partial charge < -0.3 is 4.90 Å². The first-order chi connectivity index (χ1) is 10.3. The minimum atomic E-state index is -0.158. The van der Waals surface area contributed by atoms with E-state index in [1.165, 1.54) is 5.56 Å². The lowest BCUT2D eigenvalue weighted by molar-refractivity contribution is -0.125. The molecule has 0 aromatic heterocycles. The highest BCUT2D eigenvalue weighted by molar-refractivity contribution is 6.07. The van der Waals surface area contributed by atoms with E-state index in [1.54, 1.807) is 0 Å². The number of fused-ring (bicyclic) bond motifs is 2. The van der Waals surface area contributed by atoms with Crippen LogP contribution in [0.15, 0.2) is 29.8 Å². The van der Waals surface area contributed by atoms with E-state index >= 15 is 0 Å². The second-order valence-corrected chi connectivity index (χ2v) is 8.05. The molecular formula is C20H27NO. The van der Waals surface area contributed by atoms with Crippen LogP contribution in [0.2, 0.25) is 0 Å². The van der Waals surface area contributed by atoms with Crippen molar-refractivity contribution in [3.05, 3.63) is 41.0 Å². The maximum Gasteiger partial charge on any atom is 0.165 e. The molecule has 0 radical (unpaired) electrons. The molecule has 2 fully saturated rings. The Hall–Kier alpha value is -1.41. The summed E-state index contributed by atoms with van der Waals surface area (Å²) in [5.74, 6) is 0.803. The fourth-order valence-corrected chi connectivity index (χ4v) is 4.36. The van der Waals surface area contributed by atoms with E-state index in [2.05, 4.69) is 70.1 Å². The van der Waals surface area contributed by atoms with Gasteiger partial charge in [-0.05, 0) is 61.0 Å². The Morgan fingerprint density at radius 1 is 1.18 bits per heavy atom. The highest BCUT2D eigenvalue weighted by atomic mass is 16.1. The predicted molar refractivity (Wildman–Crippen MR) is 91.4 cm³/mol. The van der Waals surface area contributed by atoms with Gasteiger partial charge >= 0.3 is 0 Å². The molecule has 1 aromatic rings. The number of carbonyl (C=O) groups excluding carboxylic acids is 1. The van der Waals surface area contributed by atoms with Crippen LogP contribution >= 0.6 is 0 Å². The Morgan fingerprint density at radius 3 is 2.32 bits per heavy atom. The summed E-state index contributed by atoms with van der Waals surface area (Å²) in [5, 5.41) is 0. The van der Waals surface area contributed by atoms with Gasteiger partial charge in [0, 0.05) is 12.0 Å². The molecule has 0 saturated heterocycles. The predicted octanol–water partition coefficient (Wildman–Crippen LogP) is 4.16. The SMILES string of the molecule is CN(C)Cc1ccc(C=C2C(=O)C3(C)CCC2C3(C)C)cc1. The molecule has 2 atom stereocenters. The van der Waals surface area contributed by atoms with Crippen molar-refractivity contribution >= 4 is 11.9 Å². The second kappa shape index (κ2) is 5.06. The molecule has 3 rings (SSSR count). The Morgan fingerprint density at radius 2 is 1.82 bits per heavy atom. The standard InChI is InChI=1S/C20H27NO/c1-19(2)17-10-11-20(19,3)18(22)16(17)12-14-6-8-15(9-7-14)13-21(4)5/h6-9,12,17H,10-11,13H2,1-5H3. The Bertz CT molecular complexity index is 624.